The lowest BCUT2D eigenvalue weighted by atomic mass is 9.81. The van der Waals surface area contributed by atoms with Gasteiger partial charge in [-0.15, -0.1) is 0 Å². The largest absolute Gasteiger partial charge is 0.0746 e. The third-order valence-corrected chi connectivity index (χ3v) is 22.3. The number of hydrogen-bond acceptors (Lipinski definition) is 0. The zero-order chi connectivity index (χ0) is 52.1. The zero-order valence-electron chi connectivity index (χ0n) is 48.5. The van der Waals surface area contributed by atoms with Crippen molar-refractivity contribution in [3.63, 3.8) is 0 Å². The second-order valence-electron chi connectivity index (χ2n) is 28.7. The van der Waals surface area contributed by atoms with Gasteiger partial charge in [0.05, 0.1) is 0 Å². The predicted octanol–water partition coefficient (Wildman–Crippen LogP) is 17.4. The Kier molecular flexibility index (Phi) is 17.2. The molecule has 0 fully saturated rings. The molecule has 5 aromatic carbocycles. The summed E-state index contributed by atoms with van der Waals surface area (Å²) in [4.78, 5) is 0. The van der Waals surface area contributed by atoms with Crippen LogP contribution in [0.5, 0.6) is 0 Å². The maximum atomic E-state index is 2.62. The fourth-order valence-corrected chi connectivity index (χ4v) is 17.7. The summed E-state index contributed by atoms with van der Waals surface area (Å²) in [6.45, 7) is 57.5. The van der Waals surface area contributed by atoms with Crippen molar-refractivity contribution < 1.29 is 0 Å². The van der Waals surface area contributed by atoms with Crippen molar-refractivity contribution in [3.8, 4) is 0 Å². The quantitative estimate of drug-likeness (QED) is 0.116. The van der Waals surface area contributed by atoms with E-state index in [2.05, 4.69) is 269 Å². The highest BCUT2D eigenvalue weighted by Gasteiger charge is 2.31. The summed E-state index contributed by atoms with van der Waals surface area (Å²) in [6.07, 6.45) is 4.75. The Labute approximate surface area is 429 Å². The Balaban J connectivity index is 1.75. The van der Waals surface area contributed by atoms with Crippen LogP contribution in [0, 0.1) is 0 Å². The summed E-state index contributed by atoms with van der Waals surface area (Å²) >= 11 is 0. The molecule has 3 heteroatoms. The van der Waals surface area contributed by atoms with E-state index in [9.17, 15) is 0 Å². The normalized spacial score (nSPS) is 13.8. The van der Waals surface area contributed by atoms with E-state index < -0.39 is 23.8 Å². The van der Waals surface area contributed by atoms with Gasteiger partial charge in [-0.1, -0.05) is 277 Å². The van der Waals surface area contributed by atoms with Gasteiger partial charge in [0.25, 0.3) is 0 Å². The Hall–Kier alpha value is -2.61. The average molecular weight is 983 g/mol. The number of hydrogen-bond donors (Lipinski definition) is 0. The lowest BCUT2D eigenvalue weighted by Gasteiger charge is -2.32. The van der Waals surface area contributed by atoms with E-state index in [0.29, 0.717) is 0 Å². The first kappa shape index (κ1) is 57.3. The summed E-state index contributed by atoms with van der Waals surface area (Å²) in [5, 5.41) is 7.72. The van der Waals surface area contributed by atoms with Gasteiger partial charge in [0.15, 0.2) is 0 Å². The van der Waals surface area contributed by atoms with Crippen LogP contribution in [0.2, 0.25) is 0 Å². The molecule has 0 aromatic heterocycles. The van der Waals surface area contributed by atoms with Crippen LogP contribution in [0.3, 0.4) is 0 Å². The molecule has 376 valence electrons. The first-order chi connectivity index (χ1) is 31.2. The van der Waals surface area contributed by atoms with Crippen LogP contribution in [-0.2, 0) is 43.3 Å². The summed E-state index contributed by atoms with van der Waals surface area (Å²) in [7, 11) is -1.87. The summed E-state index contributed by atoms with van der Waals surface area (Å²) in [6, 6.07) is 42.8. The van der Waals surface area contributed by atoms with Crippen LogP contribution in [-0.4, -0.2) is 24.6 Å². The lowest BCUT2D eigenvalue weighted by Crippen LogP contribution is -2.27. The van der Waals surface area contributed by atoms with E-state index in [0.717, 1.165) is 0 Å². The van der Waals surface area contributed by atoms with E-state index in [1.807, 2.05) is 0 Å². The van der Waals surface area contributed by atoms with Crippen LogP contribution < -0.4 is 26.5 Å². The van der Waals surface area contributed by atoms with E-state index in [-0.39, 0.29) is 43.3 Å². The minimum Gasteiger partial charge on any atom is -0.0746 e. The summed E-state index contributed by atoms with van der Waals surface area (Å²) in [5.41, 5.74) is 12.0. The molecule has 0 atom stereocenters. The van der Waals surface area contributed by atoms with Crippen molar-refractivity contribution >= 4 is 50.3 Å². The highest BCUT2D eigenvalue weighted by molar-refractivity contribution is 7.76. The molecule has 0 aliphatic rings. The molecule has 0 unspecified atom stereocenters. The Bertz CT molecular complexity index is 2080. The van der Waals surface area contributed by atoms with Crippen molar-refractivity contribution in [2.45, 2.75) is 209 Å². The summed E-state index contributed by atoms with van der Waals surface area (Å²) in [5.74, 6) is 0. The second-order valence-corrected chi connectivity index (χ2v) is 35.9. The maximum Gasteiger partial charge on any atom is -0.0132 e. The zero-order valence-corrected chi connectivity index (χ0v) is 51.2. The van der Waals surface area contributed by atoms with Crippen LogP contribution in [0.25, 0.3) is 0 Å². The van der Waals surface area contributed by atoms with Crippen molar-refractivity contribution in [1.82, 2.24) is 0 Å². The third kappa shape index (κ3) is 15.2. The van der Waals surface area contributed by atoms with Gasteiger partial charge in [0.2, 0.25) is 0 Å². The van der Waals surface area contributed by atoms with Gasteiger partial charge in [-0.05, 0) is 155 Å². The highest BCUT2D eigenvalue weighted by atomic mass is 31.1. The second kappa shape index (κ2) is 20.7. The molecule has 0 saturated carbocycles. The SMILES string of the molecule is CC(C)(C)c1cc(P(CCP(CCP(c2cc(C(C)(C)C)cc(C(C)(C)C)c2)c2cc(C(C)(C)C)cc(C(C)(C)C)c2)c2ccccc2)c2cc(C(C)(C)C)cc(C(C)(C)C)c2)cc(C(C)(C)C)c1. The molecule has 0 radical (unpaired) electrons. The van der Waals surface area contributed by atoms with Gasteiger partial charge in [-0.3, -0.25) is 0 Å². The van der Waals surface area contributed by atoms with Gasteiger partial charge in [-0.25, -0.2) is 0 Å². The third-order valence-electron chi connectivity index (χ3n) is 14.2. The smallest absolute Gasteiger partial charge is 0.0132 e. The van der Waals surface area contributed by atoms with E-state index in [4.69, 9.17) is 0 Å². The molecule has 0 bridgehead atoms. The van der Waals surface area contributed by atoms with Crippen LogP contribution in [0.1, 0.15) is 211 Å². The Morgan fingerprint density at radius 1 is 0.232 bits per heavy atom. The average Bonchev–Trinajstić information content (AvgIpc) is 3.20. The van der Waals surface area contributed by atoms with Gasteiger partial charge >= 0.3 is 0 Å². The molecular formula is C66H97P3. The Morgan fingerprint density at radius 2 is 0.420 bits per heavy atom. The molecule has 0 heterocycles. The number of benzene rings is 5. The molecule has 0 N–H and O–H groups in total. The molecule has 0 spiro atoms. The molecule has 0 nitrogen and oxygen atoms in total. The van der Waals surface area contributed by atoms with Crippen molar-refractivity contribution in [2.75, 3.05) is 24.6 Å². The van der Waals surface area contributed by atoms with Crippen LogP contribution in [0.15, 0.2) is 103 Å². The first-order valence-corrected chi connectivity index (χ1v) is 31.0. The maximum absolute atomic E-state index is 2.62. The molecule has 5 rings (SSSR count). The fraction of sp³-hybridized carbons (Fsp3) is 0.545. The lowest BCUT2D eigenvalue weighted by molar-refractivity contribution is 0.568. The van der Waals surface area contributed by atoms with Crippen LogP contribution >= 0.6 is 23.8 Å². The van der Waals surface area contributed by atoms with E-state index in [1.165, 1.54) is 69.2 Å². The fourth-order valence-electron chi connectivity index (χ4n) is 8.80. The van der Waals surface area contributed by atoms with Gasteiger partial charge < -0.3 is 0 Å². The Morgan fingerprint density at radius 3 is 0.594 bits per heavy atom. The van der Waals surface area contributed by atoms with Gasteiger partial charge in [0.1, 0.15) is 0 Å². The molecule has 0 saturated heterocycles. The topological polar surface area (TPSA) is 0 Å². The van der Waals surface area contributed by atoms with Gasteiger partial charge in [0, 0.05) is 0 Å². The van der Waals surface area contributed by atoms with Crippen molar-refractivity contribution in [2.24, 2.45) is 0 Å². The van der Waals surface area contributed by atoms with Crippen molar-refractivity contribution in [3.05, 3.63) is 148 Å². The molecule has 0 amide bonds. The first-order valence-electron chi connectivity index (χ1n) is 26.2. The standard InChI is InChI=1S/C66H97P3/c1-59(2,3)46-34-47(60(4,5)6)39-55(38-46)68(56-40-48(61(7,8)9)35-49(41-56)62(10,11)12)32-30-67(54-28-26-25-27-29-54)31-33-69(57-42-50(63(13,14)15)36-51(43-57)64(16,17)18)58-44-52(65(19,20)21)37-53(45-58)66(22,23)24/h25-29,34-45H,30-33H2,1-24H3. The summed E-state index contributed by atoms with van der Waals surface area (Å²) < 4.78 is 0. The van der Waals surface area contributed by atoms with Gasteiger partial charge in [-0.2, -0.15) is 0 Å². The minimum absolute atomic E-state index is 0.0446. The molecular weight excluding hydrogens is 886 g/mol. The minimum atomic E-state index is -0.689. The number of rotatable bonds is 11. The van der Waals surface area contributed by atoms with Crippen molar-refractivity contribution in [1.29, 1.82) is 0 Å². The highest BCUT2D eigenvalue weighted by Crippen LogP contribution is 2.48. The molecule has 0 aliphatic heterocycles. The molecule has 0 aliphatic carbocycles. The molecule has 69 heavy (non-hydrogen) atoms. The van der Waals surface area contributed by atoms with Crippen LogP contribution in [0.4, 0.5) is 0 Å². The molecule has 5 aromatic rings. The monoisotopic (exact) mass is 983 g/mol. The van der Waals surface area contributed by atoms with E-state index in [1.54, 1.807) is 26.5 Å². The predicted molar refractivity (Wildman–Crippen MR) is 320 cm³/mol. The van der Waals surface area contributed by atoms with E-state index >= 15 is 0 Å².